The first kappa shape index (κ1) is 47.9. The lowest BCUT2D eigenvalue weighted by Crippen LogP contribution is -2.58. The Bertz CT molecular complexity index is 1600. The lowest BCUT2D eigenvalue weighted by atomic mass is 9.95. The zero-order valence-electron chi connectivity index (χ0n) is 34.0. The van der Waals surface area contributed by atoms with Gasteiger partial charge in [-0.25, -0.2) is 4.79 Å². The van der Waals surface area contributed by atoms with E-state index in [1.807, 2.05) is 33.8 Å². The Kier molecular flexibility index (Phi) is 20.0. The number of nitrogens with one attached hydrogen (secondary N) is 5. The van der Waals surface area contributed by atoms with Crippen molar-refractivity contribution in [2.75, 3.05) is 0 Å². The maximum absolute atomic E-state index is 13.8. The van der Waals surface area contributed by atoms with Crippen LogP contribution in [-0.2, 0) is 41.7 Å². The fourth-order valence-electron chi connectivity index (χ4n) is 6.04. The number of carbonyl (C=O) groups excluding carboxylic acids is 6. The van der Waals surface area contributed by atoms with Crippen LogP contribution in [0.15, 0.2) is 54.6 Å². The van der Waals surface area contributed by atoms with Gasteiger partial charge in [0, 0.05) is 6.42 Å². The summed E-state index contributed by atoms with van der Waals surface area (Å²) in [5.74, 6) is -3.73. The highest BCUT2D eigenvalue weighted by atomic mass is 16.5. The number of phenolic OH excluding ortho intramolecular Hbond substituents is 1. The average molecular weight is 799 g/mol. The molecule has 0 bridgehead atoms. The maximum Gasteiger partial charge on any atom is 0.408 e. The Labute approximate surface area is 335 Å². The Morgan fingerprint density at radius 2 is 1.19 bits per heavy atom. The van der Waals surface area contributed by atoms with Crippen molar-refractivity contribution < 1.29 is 48.8 Å². The molecule has 57 heavy (non-hydrogen) atoms. The highest BCUT2D eigenvalue weighted by Gasteiger charge is 2.33. The third-order valence-corrected chi connectivity index (χ3v) is 9.05. The van der Waals surface area contributed by atoms with Crippen molar-refractivity contribution in [3.8, 4) is 5.75 Å². The molecule has 16 heteroatoms. The third kappa shape index (κ3) is 18.1. The van der Waals surface area contributed by atoms with Crippen molar-refractivity contribution >= 4 is 35.6 Å². The normalized spacial score (nSPS) is 15.0. The molecule has 6 amide bonds. The van der Waals surface area contributed by atoms with E-state index in [-0.39, 0.29) is 43.5 Å². The molecule has 0 aliphatic rings. The topological polar surface area (TPSA) is 259 Å². The van der Waals surface area contributed by atoms with Crippen LogP contribution in [0.4, 0.5) is 4.79 Å². The van der Waals surface area contributed by atoms with Crippen molar-refractivity contribution in [3.05, 3.63) is 65.7 Å². The van der Waals surface area contributed by atoms with Crippen LogP contribution in [0.25, 0.3) is 0 Å². The van der Waals surface area contributed by atoms with Crippen LogP contribution in [0, 0.1) is 17.8 Å². The number of primary amides is 1. The van der Waals surface area contributed by atoms with Crippen molar-refractivity contribution in [1.29, 1.82) is 0 Å². The predicted octanol–water partition coefficient (Wildman–Crippen LogP) is 1.92. The van der Waals surface area contributed by atoms with Gasteiger partial charge in [-0.3, -0.25) is 24.0 Å². The SMILES string of the molecule is CC(C)C[C@H](NC(=O)[C@H](C)NC(=O)C[C@H](O)[C@H](CC(C)C)NC(=O)[C@@H](NC(=O)[C@H](Cc1ccc(O)cc1)NC(=O)OCc1ccccc1)C(C)C)[C@@H](O)CC(N)=O. The summed E-state index contributed by atoms with van der Waals surface area (Å²) in [5, 5.41) is 44.7. The van der Waals surface area contributed by atoms with Gasteiger partial charge >= 0.3 is 6.09 Å². The van der Waals surface area contributed by atoms with Gasteiger partial charge in [-0.1, -0.05) is 84.0 Å². The fraction of sp³-hybridized carbons (Fsp3) is 0.561. The molecule has 0 heterocycles. The minimum atomic E-state index is -1.38. The molecule has 316 valence electrons. The molecular weight excluding hydrogens is 736 g/mol. The van der Waals surface area contributed by atoms with Gasteiger partial charge < -0.3 is 52.4 Å². The first-order valence-electron chi connectivity index (χ1n) is 19.4. The summed E-state index contributed by atoms with van der Waals surface area (Å²) in [5.41, 5.74) is 6.58. The smallest absolute Gasteiger partial charge is 0.408 e. The molecule has 0 aliphatic heterocycles. The standard InChI is InChI=1S/C41H62N6O10/c1-23(2)17-30(33(49)20-35(42)51)44-38(53)26(7)43-36(52)21-34(50)31(18-24(3)4)45-40(55)37(25(5)6)47-39(54)32(19-27-13-15-29(48)16-14-27)46-41(56)57-22-28-11-9-8-10-12-28/h8-16,23-26,30-34,37,48-50H,17-22H2,1-7H3,(H2,42,51)(H,43,52)(H,44,53)(H,45,55)(H,46,56)(H,47,54)/t26-,30-,31-,32-,33-,34-,37-/m0/s1. The molecule has 2 aromatic rings. The molecule has 0 radical (unpaired) electrons. The summed E-state index contributed by atoms with van der Waals surface area (Å²) in [4.78, 5) is 77.8. The van der Waals surface area contributed by atoms with Crippen LogP contribution < -0.4 is 32.3 Å². The van der Waals surface area contributed by atoms with Gasteiger partial charge in [-0.15, -0.1) is 0 Å². The molecule has 0 saturated heterocycles. The van der Waals surface area contributed by atoms with Crippen molar-refractivity contribution in [3.63, 3.8) is 0 Å². The summed E-state index contributed by atoms with van der Waals surface area (Å²) in [6.45, 7) is 12.3. The summed E-state index contributed by atoms with van der Waals surface area (Å²) in [6.07, 6.45) is -3.67. The molecular formula is C41H62N6O10. The Balaban J connectivity index is 2.14. The number of carbonyl (C=O) groups is 6. The summed E-state index contributed by atoms with van der Waals surface area (Å²) >= 11 is 0. The number of ether oxygens (including phenoxy) is 1. The zero-order chi connectivity index (χ0) is 42.8. The Morgan fingerprint density at radius 1 is 0.649 bits per heavy atom. The largest absolute Gasteiger partial charge is 0.508 e. The van der Waals surface area contributed by atoms with Crippen molar-refractivity contribution in [1.82, 2.24) is 26.6 Å². The van der Waals surface area contributed by atoms with Crippen LogP contribution in [-0.4, -0.2) is 93.4 Å². The van der Waals surface area contributed by atoms with Crippen molar-refractivity contribution in [2.45, 2.75) is 130 Å². The molecule has 2 aromatic carbocycles. The second-order valence-electron chi connectivity index (χ2n) is 15.6. The molecule has 7 atom stereocenters. The second-order valence-corrected chi connectivity index (χ2v) is 15.6. The first-order valence-corrected chi connectivity index (χ1v) is 19.4. The third-order valence-electron chi connectivity index (χ3n) is 9.05. The molecule has 0 saturated carbocycles. The lowest BCUT2D eigenvalue weighted by Gasteiger charge is -2.30. The second kappa shape index (κ2) is 23.8. The van der Waals surface area contributed by atoms with Gasteiger partial charge in [0.1, 0.15) is 30.5 Å². The summed E-state index contributed by atoms with van der Waals surface area (Å²) < 4.78 is 5.34. The molecule has 2 rings (SSSR count). The molecule has 16 nitrogen and oxygen atoms in total. The van der Waals surface area contributed by atoms with Crippen LogP contribution in [0.5, 0.6) is 5.75 Å². The van der Waals surface area contributed by atoms with E-state index in [2.05, 4.69) is 26.6 Å². The quantitative estimate of drug-likeness (QED) is 0.0789. The number of alkyl carbamates (subject to hydrolysis) is 1. The zero-order valence-corrected chi connectivity index (χ0v) is 34.0. The van der Waals surface area contributed by atoms with Gasteiger partial charge in [0.15, 0.2) is 0 Å². The minimum Gasteiger partial charge on any atom is -0.508 e. The molecule has 0 aromatic heterocycles. The van der Waals surface area contributed by atoms with Crippen LogP contribution >= 0.6 is 0 Å². The maximum atomic E-state index is 13.8. The number of aliphatic hydroxyl groups excluding tert-OH is 2. The monoisotopic (exact) mass is 798 g/mol. The number of rotatable bonds is 23. The number of hydrogen-bond acceptors (Lipinski definition) is 10. The van der Waals surface area contributed by atoms with Gasteiger partial charge in [-0.2, -0.15) is 0 Å². The predicted molar refractivity (Wildman–Crippen MR) is 213 cm³/mol. The molecule has 0 spiro atoms. The number of amides is 6. The Hall–Kier alpha value is -5.22. The molecule has 10 N–H and O–H groups in total. The van der Waals surface area contributed by atoms with E-state index in [0.29, 0.717) is 12.0 Å². The van der Waals surface area contributed by atoms with Crippen LogP contribution in [0.3, 0.4) is 0 Å². The highest BCUT2D eigenvalue weighted by Crippen LogP contribution is 2.16. The summed E-state index contributed by atoms with van der Waals surface area (Å²) in [6, 6.07) is 9.98. The van der Waals surface area contributed by atoms with Gasteiger partial charge in [0.05, 0.1) is 37.1 Å². The first-order chi connectivity index (χ1) is 26.7. The van der Waals surface area contributed by atoms with Crippen LogP contribution in [0.2, 0.25) is 0 Å². The number of benzene rings is 2. The van der Waals surface area contributed by atoms with Crippen LogP contribution in [0.1, 0.15) is 85.3 Å². The number of nitrogens with two attached hydrogens (primary N) is 1. The van der Waals surface area contributed by atoms with E-state index < -0.39 is 90.4 Å². The fourth-order valence-corrected chi connectivity index (χ4v) is 6.04. The van der Waals surface area contributed by atoms with E-state index >= 15 is 0 Å². The van der Waals surface area contributed by atoms with E-state index in [4.69, 9.17) is 10.5 Å². The number of aromatic hydroxyl groups is 1. The molecule has 0 fully saturated rings. The number of phenols is 1. The Morgan fingerprint density at radius 3 is 1.72 bits per heavy atom. The van der Waals surface area contributed by atoms with Crippen molar-refractivity contribution in [2.24, 2.45) is 23.5 Å². The van der Waals surface area contributed by atoms with E-state index in [0.717, 1.165) is 5.56 Å². The highest BCUT2D eigenvalue weighted by molar-refractivity contribution is 5.92. The van der Waals surface area contributed by atoms with Gasteiger partial charge in [0.25, 0.3) is 0 Å². The minimum absolute atomic E-state index is 0.00552. The molecule has 0 aliphatic carbocycles. The van der Waals surface area contributed by atoms with E-state index in [1.54, 1.807) is 50.2 Å². The molecule has 0 unspecified atom stereocenters. The summed E-state index contributed by atoms with van der Waals surface area (Å²) in [7, 11) is 0. The average Bonchev–Trinajstić information content (AvgIpc) is 3.12. The van der Waals surface area contributed by atoms with Gasteiger partial charge in [-0.05, 0) is 60.8 Å². The van der Waals surface area contributed by atoms with E-state index in [1.165, 1.54) is 19.1 Å². The number of aliphatic hydroxyl groups is 2. The van der Waals surface area contributed by atoms with E-state index in [9.17, 15) is 44.1 Å². The van der Waals surface area contributed by atoms with Gasteiger partial charge in [0.2, 0.25) is 29.5 Å². The lowest BCUT2D eigenvalue weighted by molar-refractivity contribution is -0.133. The number of hydrogen-bond donors (Lipinski definition) is 9.